The molecule has 0 radical (unpaired) electrons. The summed E-state index contributed by atoms with van der Waals surface area (Å²) in [5.74, 6) is 0.674. The van der Waals surface area contributed by atoms with E-state index in [9.17, 15) is 8.42 Å². The van der Waals surface area contributed by atoms with E-state index in [4.69, 9.17) is 10.9 Å². The molecule has 0 atom stereocenters. The topological polar surface area (TPSA) is 128 Å². The quantitative estimate of drug-likeness (QED) is 0.704. The van der Waals surface area contributed by atoms with E-state index in [1.54, 1.807) is 13.0 Å². The van der Waals surface area contributed by atoms with Crippen LogP contribution in [0.3, 0.4) is 0 Å². The van der Waals surface area contributed by atoms with Gasteiger partial charge in [-0.15, -0.1) is 5.10 Å². The van der Waals surface area contributed by atoms with Crippen molar-refractivity contribution in [1.82, 2.24) is 15.2 Å². The molecule has 5 N–H and O–H groups in total. The summed E-state index contributed by atoms with van der Waals surface area (Å²) >= 11 is 1.20. The number of anilines is 1. The van der Waals surface area contributed by atoms with Gasteiger partial charge in [0.2, 0.25) is 15.2 Å². The van der Waals surface area contributed by atoms with Gasteiger partial charge >= 0.3 is 0 Å². The van der Waals surface area contributed by atoms with Crippen LogP contribution in [-0.2, 0) is 10.0 Å². The predicted octanol–water partition coefficient (Wildman–Crippen LogP) is 0.494. The van der Waals surface area contributed by atoms with Crippen molar-refractivity contribution in [2.45, 2.75) is 21.9 Å². The Hall–Kier alpha value is -1.58. The fourth-order valence-corrected chi connectivity index (χ4v) is 2.82. The Morgan fingerprint density at radius 1 is 1.33 bits per heavy atom. The maximum Gasteiger partial charge on any atom is 0.238 e. The Bertz CT molecular complexity index is 680. The summed E-state index contributed by atoms with van der Waals surface area (Å²) in [5, 5.41) is 12.2. The van der Waals surface area contributed by atoms with E-state index in [0.29, 0.717) is 21.6 Å². The predicted molar refractivity (Wildman–Crippen MR) is 67.5 cm³/mol. The van der Waals surface area contributed by atoms with Crippen LogP contribution >= 0.6 is 11.8 Å². The molecular formula is C9H11N5O2S2. The molecule has 0 saturated carbocycles. The van der Waals surface area contributed by atoms with Crippen LogP contribution in [0.5, 0.6) is 0 Å². The molecule has 0 unspecified atom stereocenters. The normalized spacial score (nSPS) is 11.7. The molecule has 2 rings (SSSR count). The summed E-state index contributed by atoms with van der Waals surface area (Å²) in [5.41, 5.74) is 5.95. The van der Waals surface area contributed by atoms with Crippen LogP contribution in [0, 0.1) is 6.92 Å². The van der Waals surface area contributed by atoms with Crippen molar-refractivity contribution in [1.29, 1.82) is 0 Å². The summed E-state index contributed by atoms with van der Waals surface area (Å²) < 4.78 is 22.5. The highest BCUT2D eigenvalue weighted by Crippen LogP contribution is 2.28. The Morgan fingerprint density at radius 3 is 2.61 bits per heavy atom. The summed E-state index contributed by atoms with van der Waals surface area (Å²) in [7, 11) is -3.78. The number of nitrogen functional groups attached to an aromatic ring is 1. The number of hydrogen-bond acceptors (Lipinski definition) is 6. The zero-order valence-electron chi connectivity index (χ0n) is 9.41. The third-order valence-corrected chi connectivity index (χ3v) is 3.75. The number of hydrogen-bond donors (Lipinski definition) is 3. The molecule has 0 fully saturated rings. The fraction of sp³-hybridized carbons (Fsp3) is 0.111. The first-order valence-corrected chi connectivity index (χ1v) is 7.21. The van der Waals surface area contributed by atoms with E-state index in [0.717, 1.165) is 0 Å². The zero-order chi connectivity index (χ0) is 13.3. The van der Waals surface area contributed by atoms with Gasteiger partial charge in [-0.25, -0.2) is 18.5 Å². The average molecular weight is 285 g/mol. The van der Waals surface area contributed by atoms with Crippen LogP contribution in [0.25, 0.3) is 0 Å². The smallest absolute Gasteiger partial charge is 0.238 e. The van der Waals surface area contributed by atoms with Crippen molar-refractivity contribution in [2.24, 2.45) is 5.14 Å². The highest BCUT2D eigenvalue weighted by Gasteiger charge is 2.11. The summed E-state index contributed by atoms with van der Waals surface area (Å²) in [4.78, 5) is 4.68. The molecule has 7 nitrogen and oxygen atoms in total. The number of nitrogens with two attached hydrogens (primary N) is 2. The Kier molecular flexibility index (Phi) is 3.28. The van der Waals surface area contributed by atoms with Gasteiger partial charge in [0.25, 0.3) is 0 Å². The second-order valence-corrected chi connectivity index (χ2v) is 6.19. The van der Waals surface area contributed by atoms with Crippen molar-refractivity contribution >= 4 is 27.5 Å². The zero-order valence-corrected chi connectivity index (χ0v) is 11.0. The highest BCUT2D eigenvalue weighted by molar-refractivity contribution is 7.99. The lowest BCUT2D eigenvalue weighted by molar-refractivity contribution is 0.597. The number of aromatic nitrogens is 3. The third-order valence-electron chi connectivity index (χ3n) is 2.02. The number of rotatable bonds is 3. The molecule has 96 valence electrons. The number of aromatic amines is 1. The van der Waals surface area contributed by atoms with Crippen LogP contribution in [0.4, 0.5) is 5.69 Å². The lowest BCUT2D eigenvalue weighted by Gasteiger charge is -2.03. The van der Waals surface area contributed by atoms with Gasteiger partial charge in [0.05, 0.1) is 4.90 Å². The average Bonchev–Trinajstić information content (AvgIpc) is 2.61. The Balaban J connectivity index is 2.37. The first-order chi connectivity index (χ1) is 8.34. The van der Waals surface area contributed by atoms with Crippen molar-refractivity contribution in [3.05, 3.63) is 24.0 Å². The number of nitrogens with zero attached hydrogens (tertiary/aromatic N) is 2. The van der Waals surface area contributed by atoms with Crippen LogP contribution in [0.15, 0.2) is 33.1 Å². The molecule has 0 aliphatic carbocycles. The molecule has 0 saturated heterocycles. The van der Waals surface area contributed by atoms with Gasteiger partial charge in [-0.05, 0) is 36.9 Å². The number of aryl methyl sites for hydroxylation is 1. The van der Waals surface area contributed by atoms with Gasteiger partial charge < -0.3 is 5.73 Å². The van der Waals surface area contributed by atoms with E-state index >= 15 is 0 Å². The number of benzene rings is 1. The van der Waals surface area contributed by atoms with Crippen LogP contribution in [0.2, 0.25) is 0 Å². The lowest BCUT2D eigenvalue weighted by atomic mass is 10.3. The standard InChI is InChI=1S/C9H11N5O2S2/c1-5-12-9(14-13-5)17-7-2-6(10)3-8(4-7)18(11,15)16/h2-4H,10H2,1H3,(H2,11,15,16)(H,12,13,14). The largest absolute Gasteiger partial charge is 0.399 e. The fourth-order valence-electron chi connectivity index (χ4n) is 1.29. The van der Waals surface area contributed by atoms with E-state index < -0.39 is 10.0 Å². The molecular weight excluding hydrogens is 274 g/mol. The third kappa shape index (κ3) is 3.00. The van der Waals surface area contributed by atoms with Crippen molar-refractivity contribution in [3.8, 4) is 0 Å². The molecule has 1 aromatic carbocycles. The minimum Gasteiger partial charge on any atom is -0.399 e. The van der Waals surface area contributed by atoms with Crippen molar-refractivity contribution in [2.75, 3.05) is 5.73 Å². The molecule has 0 spiro atoms. The van der Waals surface area contributed by atoms with E-state index in [1.165, 1.54) is 23.9 Å². The van der Waals surface area contributed by atoms with Crippen molar-refractivity contribution in [3.63, 3.8) is 0 Å². The van der Waals surface area contributed by atoms with E-state index in [1.807, 2.05) is 0 Å². The number of nitrogens with one attached hydrogen (secondary N) is 1. The second-order valence-electron chi connectivity index (χ2n) is 3.59. The first-order valence-electron chi connectivity index (χ1n) is 4.85. The Morgan fingerprint density at radius 2 is 2.06 bits per heavy atom. The molecule has 0 aliphatic rings. The molecule has 9 heteroatoms. The second kappa shape index (κ2) is 4.59. The molecule has 1 heterocycles. The molecule has 0 amide bonds. The van der Waals surface area contributed by atoms with Gasteiger partial charge in [0, 0.05) is 10.6 Å². The number of primary sulfonamides is 1. The highest BCUT2D eigenvalue weighted by atomic mass is 32.2. The minimum absolute atomic E-state index is 0.0303. The maximum absolute atomic E-state index is 11.3. The minimum atomic E-state index is -3.78. The van der Waals surface area contributed by atoms with Crippen LogP contribution in [0.1, 0.15) is 5.82 Å². The van der Waals surface area contributed by atoms with Gasteiger partial charge in [-0.2, -0.15) is 0 Å². The molecule has 1 aromatic heterocycles. The maximum atomic E-state index is 11.3. The van der Waals surface area contributed by atoms with Gasteiger partial charge in [-0.3, -0.25) is 5.10 Å². The van der Waals surface area contributed by atoms with E-state index in [2.05, 4.69) is 15.2 Å². The molecule has 18 heavy (non-hydrogen) atoms. The van der Waals surface area contributed by atoms with Gasteiger partial charge in [0.15, 0.2) is 0 Å². The summed E-state index contributed by atoms with van der Waals surface area (Å²) in [6.45, 7) is 1.77. The SMILES string of the molecule is Cc1nc(Sc2cc(N)cc(S(N)(=O)=O)c2)n[nH]1. The summed E-state index contributed by atoms with van der Waals surface area (Å²) in [6, 6.07) is 4.37. The number of H-pyrrole nitrogens is 1. The molecule has 2 aromatic rings. The number of sulfonamides is 1. The van der Waals surface area contributed by atoms with Crippen LogP contribution < -0.4 is 10.9 Å². The lowest BCUT2D eigenvalue weighted by Crippen LogP contribution is -2.12. The molecule has 0 bridgehead atoms. The van der Waals surface area contributed by atoms with E-state index in [-0.39, 0.29) is 4.90 Å². The van der Waals surface area contributed by atoms with Crippen LogP contribution in [-0.4, -0.2) is 23.6 Å². The first kappa shape index (κ1) is 12.9. The molecule has 0 aliphatic heterocycles. The van der Waals surface area contributed by atoms with Gasteiger partial charge in [0.1, 0.15) is 5.82 Å². The Labute approximate surface area is 108 Å². The summed E-state index contributed by atoms with van der Waals surface area (Å²) in [6.07, 6.45) is 0. The van der Waals surface area contributed by atoms with Gasteiger partial charge in [-0.1, -0.05) is 0 Å². The van der Waals surface area contributed by atoms with Crippen molar-refractivity contribution < 1.29 is 8.42 Å². The monoisotopic (exact) mass is 285 g/mol.